The molecule has 1 aliphatic carbocycles. The van der Waals surface area contributed by atoms with Gasteiger partial charge in [0.2, 0.25) is 0 Å². The largest absolute Gasteiger partial charge is 0.465 e. The highest BCUT2D eigenvalue weighted by Gasteiger charge is 2.55. The van der Waals surface area contributed by atoms with Gasteiger partial charge >= 0.3 is 11.9 Å². The number of hydrogen-bond donors (Lipinski definition) is 0. The number of carbonyl (C=O) groups is 2. The van der Waals surface area contributed by atoms with Crippen LogP contribution in [-0.2, 0) is 19.1 Å². The van der Waals surface area contributed by atoms with Crippen molar-refractivity contribution in [2.45, 2.75) is 91.3 Å². The molecule has 1 atom stereocenters. The van der Waals surface area contributed by atoms with E-state index in [1.165, 1.54) is 0 Å². The maximum atomic E-state index is 12.7. The van der Waals surface area contributed by atoms with E-state index >= 15 is 0 Å². The lowest BCUT2D eigenvalue weighted by Gasteiger charge is -2.38. The summed E-state index contributed by atoms with van der Waals surface area (Å²) < 4.78 is 10.5. The third-order valence-corrected chi connectivity index (χ3v) is 12.9. The first-order chi connectivity index (χ1) is 13.5. The molecule has 1 unspecified atom stereocenters. The normalized spacial score (nSPS) is 18.7. The fraction of sp³-hybridized carbons (Fsp3) is 0.750. The third kappa shape index (κ3) is 5.15. The Morgan fingerprint density at radius 1 is 1.03 bits per heavy atom. The summed E-state index contributed by atoms with van der Waals surface area (Å²) in [4.78, 5) is 25.4. The molecule has 1 fully saturated rings. The summed E-state index contributed by atoms with van der Waals surface area (Å²) in [6.45, 7) is 21.9. The molecule has 0 radical (unpaired) electrons. The summed E-state index contributed by atoms with van der Waals surface area (Å²) in [5.74, 6) is 2.49. The van der Waals surface area contributed by atoms with Crippen molar-refractivity contribution in [2.24, 2.45) is 11.3 Å². The van der Waals surface area contributed by atoms with Gasteiger partial charge in [0.1, 0.15) is 8.07 Å². The summed E-state index contributed by atoms with van der Waals surface area (Å²) in [6, 6.07) is 0. The molecule has 0 aromatic rings. The topological polar surface area (TPSA) is 52.6 Å². The summed E-state index contributed by atoms with van der Waals surface area (Å²) in [6.07, 6.45) is 1.29. The molecule has 0 aromatic carbocycles. The number of esters is 2. The third-order valence-electron chi connectivity index (χ3n) is 6.55. The molecule has 5 heteroatoms. The van der Waals surface area contributed by atoms with Crippen molar-refractivity contribution in [1.82, 2.24) is 0 Å². The maximum absolute atomic E-state index is 12.7. The van der Waals surface area contributed by atoms with Gasteiger partial charge in [0.25, 0.3) is 0 Å². The van der Waals surface area contributed by atoms with E-state index < -0.39 is 25.4 Å². The molecule has 0 amide bonds. The monoisotopic (exact) mass is 420 g/mol. The van der Waals surface area contributed by atoms with Crippen molar-refractivity contribution in [1.29, 1.82) is 0 Å². The lowest BCUT2D eigenvalue weighted by molar-refractivity contribution is -0.171. The summed E-state index contributed by atoms with van der Waals surface area (Å²) in [5, 5.41) is 0. The second kappa shape index (κ2) is 10.5. The predicted octanol–water partition coefficient (Wildman–Crippen LogP) is 5.68. The van der Waals surface area contributed by atoms with E-state index in [1.54, 1.807) is 13.8 Å². The Morgan fingerprint density at radius 2 is 1.48 bits per heavy atom. The molecule has 0 N–H and O–H groups in total. The van der Waals surface area contributed by atoms with E-state index in [4.69, 9.17) is 9.47 Å². The highest BCUT2D eigenvalue weighted by molar-refractivity contribution is 6.90. The van der Waals surface area contributed by atoms with E-state index in [0.717, 1.165) is 5.57 Å². The molecule has 0 bridgehead atoms. The van der Waals surface area contributed by atoms with Gasteiger partial charge in [-0.05, 0) is 49.2 Å². The van der Waals surface area contributed by atoms with Gasteiger partial charge in [-0.1, -0.05) is 53.7 Å². The molecule has 0 saturated heterocycles. The average molecular weight is 421 g/mol. The number of allylic oxidation sites excluding steroid dienone is 1. The van der Waals surface area contributed by atoms with E-state index in [9.17, 15) is 9.59 Å². The second-order valence-electron chi connectivity index (χ2n) is 9.16. The molecule has 29 heavy (non-hydrogen) atoms. The molecule has 0 heterocycles. The Kier molecular flexibility index (Phi) is 9.21. The lowest BCUT2D eigenvalue weighted by Crippen LogP contribution is -2.43. The van der Waals surface area contributed by atoms with Crippen LogP contribution in [0.5, 0.6) is 0 Å². The van der Waals surface area contributed by atoms with E-state index in [0.29, 0.717) is 29.5 Å². The van der Waals surface area contributed by atoms with E-state index in [1.807, 2.05) is 0 Å². The van der Waals surface area contributed by atoms with Gasteiger partial charge in [-0.15, -0.1) is 11.5 Å². The Balaban J connectivity index is 3.14. The Morgan fingerprint density at radius 3 is 1.86 bits per heavy atom. The van der Waals surface area contributed by atoms with Crippen LogP contribution in [0.1, 0.15) is 74.7 Å². The summed E-state index contributed by atoms with van der Waals surface area (Å²) >= 11 is 0. The molecule has 1 rings (SSSR count). The summed E-state index contributed by atoms with van der Waals surface area (Å²) in [7, 11) is -1.80. The maximum Gasteiger partial charge on any atom is 0.323 e. The highest BCUT2D eigenvalue weighted by atomic mass is 28.3. The zero-order chi connectivity index (χ0) is 22.4. The molecule has 0 spiro atoms. The fourth-order valence-corrected chi connectivity index (χ4v) is 10.4. The van der Waals surface area contributed by atoms with Crippen molar-refractivity contribution < 1.29 is 19.1 Å². The van der Waals surface area contributed by atoms with E-state index in [-0.39, 0.29) is 25.6 Å². The smallest absolute Gasteiger partial charge is 0.323 e. The fourth-order valence-electron chi connectivity index (χ4n) is 5.08. The van der Waals surface area contributed by atoms with Crippen molar-refractivity contribution in [2.75, 3.05) is 13.2 Å². The van der Waals surface area contributed by atoms with Crippen LogP contribution in [0, 0.1) is 22.8 Å². The Labute approximate surface area is 178 Å². The van der Waals surface area contributed by atoms with Crippen LogP contribution in [0.2, 0.25) is 16.6 Å². The molecule has 1 saturated carbocycles. The van der Waals surface area contributed by atoms with Gasteiger partial charge in [0.05, 0.1) is 13.2 Å². The number of carbonyl (C=O) groups excluding carboxylic acids is 2. The van der Waals surface area contributed by atoms with E-state index in [2.05, 4.69) is 59.6 Å². The molecule has 0 aromatic heterocycles. The minimum Gasteiger partial charge on any atom is -0.465 e. The first-order valence-electron chi connectivity index (χ1n) is 11.0. The SMILES string of the molecule is C=C1CC(C(=O)OCC)(C(=O)OCC)CC1CC#C[Si](C(C)C)(C(C)C)C(C)C. The molecular formula is C24H40O4Si. The van der Waals surface area contributed by atoms with Crippen molar-refractivity contribution in [3.8, 4) is 11.5 Å². The van der Waals surface area contributed by atoms with Gasteiger partial charge in [-0.25, -0.2) is 0 Å². The first kappa shape index (κ1) is 25.5. The Hall–Kier alpha value is -1.54. The molecule has 164 valence electrons. The van der Waals surface area contributed by atoms with Crippen LogP contribution in [0.15, 0.2) is 12.2 Å². The zero-order valence-corrected chi connectivity index (χ0v) is 20.7. The van der Waals surface area contributed by atoms with Crippen LogP contribution in [0.25, 0.3) is 0 Å². The molecule has 1 aliphatic rings. The van der Waals surface area contributed by atoms with Crippen LogP contribution in [0.3, 0.4) is 0 Å². The predicted molar refractivity (Wildman–Crippen MR) is 121 cm³/mol. The van der Waals surface area contributed by atoms with Crippen LogP contribution in [0.4, 0.5) is 0 Å². The Bertz CT molecular complexity index is 626. The van der Waals surface area contributed by atoms with Crippen molar-refractivity contribution in [3.63, 3.8) is 0 Å². The van der Waals surface area contributed by atoms with Gasteiger partial charge in [0, 0.05) is 6.42 Å². The number of hydrogen-bond acceptors (Lipinski definition) is 4. The van der Waals surface area contributed by atoms with Crippen LogP contribution >= 0.6 is 0 Å². The molecule has 0 aliphatic heterocycles. The molecular weight excluding hydrogens is 380 g/mol. The number of rotatable bonds is 8. The first-order valence-corrected chi connectivity index (χ1v) is 13.2. The van der Waals surface area contributed by atoms with Gasteiger partial charge in [0.15, 0.2) is 5.41 Å². The number of ether oxygens (including phenoxy) is 2. The van der Waals surface area contributed by atoms with Gasteiger partial charge in [-0.3, -0.25) is 9.59 Å². The molecule has 4 nitrogen and oxygen atoms in total. The van der Waals surface area contributed by atoms with Gasteiger partial charge < -0.3 is 9.47 Å². The summed E-state index contributed by atoms with van der Waals surface area (Å²) in [5.41, 5.74) is 5.07. The minimum absolute atomic E-state index is 0.00880. The quantitative estimate of drug-likeness (QED) is 0.167. The highest BCUT2D eigenvalue weighted by Crippen LogP contribution is 2.48. The van der Waals surface area contributed by atoms with Crippen LogP contribution in [-0.4, -0.2) is 33.2 Å². The second-order valence-corrected chi connectivity index (χ2v) is 14.7. The average Bonchev–Trinajstić information content (AvgIpc) is 2.96. The zero-order valence-electron chi connectivity index (χ0n) is 19.7. The minimum atomic E-state index is -1.80. The van der Waals surface area contributed by atoms with Gasteiger partial charge in [-0.2, -0.15) is 0 Å². The van der Waals surface area contributed by atoms with Crippen molar-refractivity contribution >= 4 is 20.0 Å². The standard InChI is InChI=1S/C24H40O4Si/c1-10-27-22(25)24(23(26)28-11-2)15-20(9)21(16-24)13-12-14-29(17(3)4,18(5)6)19(7)8/h17-19,21H,9-11,13,15-16H2,1-8H3. The van der Waals surface area contributed by atoms with Crippen molar-refractivity contribution in [3.05, 3.63) is 12.2 Å². The lowest BCUT2D eigenvalue weighted by atomic mass is 9.84. The van der Waals surface area contributed by atoms with Crippen LogP contribution < -0.4 is 0 Å².